The van der Waals surface area contributed by atoms with Gasteiger partial charge in [0.25, 0.3) is 11.6 Å². The lowest BCUT2D eigenvalue weighted by Crippen LogP contribution is -2.54. The predicted molar refractivity (Wildman–Crippen MR) is 185 cm³/mol. The summed E-state index contributed by atoms with van der Waals surface area (Å²) < 4.78 is 11.1. The molecule has 0 aromatic heterocycles. The van der Waals surface area contributed by atoms with Crippen molar-refractivity contribution in [3.63, 3.8) is 0 Å². The van der Waals surface area contributed by atoms with E-state index in [1.165, 1.54) is 37.1 Å². The molecule has 0 heterocycles. The quantitative estimate of drug-likeness (QED) is 0.0386. The molecular formula is C37H51N5O9. The zero-order valence-electron chi connectivity index (χ0n) is 29.8. The fraction of sp³-hybridized carbons (Fsp3) is 0.730. The number of carbonyl (C=O) groups excluding carboxylic acids is 3. The van der Waals surface area contributed by atoms with E-state index in [1.54, 1.807) is 0 Å². The number of nitrogens with zero attached hydrogens (tertiary/aromatic N) is 4. The molecule has 14 nitrogen and oxygen atoms in total. The summed E-state index contributed by atoms with van der Waals surface area (Å²) in [6.45, 7) is 7.45. The Morgan fingerprint density at radius 1 is 1.06 bits per heavy atom. The minimum absolute atomic E-state index is 0.0701. The number of hydrogen-bond acceptors (Lipinski definition) is 9. The zero-order chi connectivity index (χ0) is 36.9. The number of nitro benzene ring substituents is 1. The van der Waals surface area contributed by atoms with Crippen molar-refractivity contribution in [3.8, 4) is 0 Å². The summed E-state index contributed by atoms with van der Waals surface area (Å²) in [6.07, 6.45) is 9.35. The molecule has 2 N–H and O–H groups in total. The van der Waals surface area contributed by atoms with Crippen LogP contribution in [-0.4, -0.2) is 59.1 Å². The Labute approximate surface area is 298 Å². The number of nitrogens with one attached hydrogen (secondary N) is 1. The highest BCUT2D eigenvalue weighted by atomic mass is 16.6. The SMILES string of the molecule is C[C@H](CCC(=O)OCCN=[N+]=[N-])C1CC[C@H]2[C@@H]3CC[C@@H]4C[C@H](OC(=O)[C@H](CC(=O)O)NC(=O)c5ccc([N+](=O)[O-])cc5)CC[C@]4(C)[C@H]3CC[C@]12C. The van der Waals surface area contributed by atoms with Crippen LogP contribution in [0.3, 0.4) is 0 Å². The second-order valence-electron chi connectivity index (χ2n) is 15.8. The monoisotopic (exact) mass is 709 g/mol. The molecule has 4 aliphatic carbocycles. The minimum atomic E-state index is -1.39. The standard InChI is InChI=1S/C37H51N5O9/c1-22(4-13-33(45)50-19-18-39-41-38)28-11-12-29-27-10-7-24-20-26(14-16-36(24,2)30(27)15-17-37(28,29)3)51-35(47)31(21-32(43)44)40-34(46)23-5-8-25(9-6-23)42(48)49/h5-6,8-9,22,24,26-31H,4,7,10-21H2,1-3H3,(H,40,46)(H,43,44)/t22-,24-,26-,27+,28?,29+,30+,31+,36+,37-/m1/s1. The van der Waals surface area contributed by atoms with Gasteiger partial charge in [0.1, 0.15) is 12.1 Å². The lowest BCUT2D eigenvalue weighted by molar-refractivity contribution is -0.384. The fourth-order valence-corrected chi connectivity index (χ4v) is 10.8. The van der Waals surface area contributed by atoms with Gasteiger partial charge in [-0.25, -0.2) is 4.79 Å². The normalized spacial score (nSPS) is 32.1. The molecule has 4 aliphatic rings. The van der Waals surface area contributed by atoms with Crippen molar-refractivity contribution in [1.82, 2.24) is 5.32 Å². The van der Waals surface area contributed by atoms with Gasteiger partial charge in [0.2, 0.25) is 0 Å². The van der Waals surface area contributed by atoms with Gasteiger partial charge >= 0.3 is 17.9 Å². The highest BCUT2D eigenvalue weighted by Crippen LogP contribution is 2.68. The zero-order valence-corrected chi connectivity index (χ0v) is 29.8. The van der Waals surface area contributed by atoms with Crippen molar-refractivity contribution in [2.45, 2.75) is 110 Å². The van der Waals surface area contributed by atoms with Crippen LogP contribution in [0.15, 0.2) is 29.4 Å². The molecule has 5 rings (SSSR count). The van der Waals surface area contributed by atoms with E-state index in [0.29, 0.717) is 54.8 Å². The van der Waals surface area contributed by atoms with E-state index >= 15 is 0 Å². The van der Waals surface area contributed by atoms with Gasteiger partial charge < -0.3 is 19.9 Å². The lowest BCUT2D eigenvalue weighted by Gasteiger charge is -2.61. The van der Waals surface area contributed by atoms with Gasteiger partial charge in [0.05, 0.1) is 24.5 Å². The Morgan fingerprint density at radius 3 is 2.45 bits per heavy atom. The number of carbonyl (C=O) groups is 4. The predicted octanol–water partition coefficient (Wildman–Crippen LogP) is 7.01. The maximum Gasteiger partial charge on any atom is 0.329 e. The summed E-state index contributed by atoms with van der Waals surface area (Å²) in [5.74, 6) is 0.218. The first kappa shape index (κ1) is 38.1. The molecule has 1 aromatic rings. The Morgan fingerprint density at radius 2 is 1.76 bits per heavy atom. The first-order valence-corrected chi connectivity index (χ1v) is 18.4. The number of fused-ring (bicyclic) bond motifs is 5. The number of amides is 1. The van der Waals surface area contributed by atoms with E-state index in [0.717, 1.165) is 38.5 Å². The summed E-state index contributed by atoms with van der Waals surface area (Å²) in [7, 11) is 0. The Kier molecular flexibility index (Phi) is 11.9. The highest BCUT2D eigenvalue weighted by molar-refractivity contribution is 5.97. The van der Waals surface area contributed by atoms with E-state index in [2.05, 4.69) is 36.1 Å². The second-order valence-corrected chi connectivity index (χ2v) is 15.8. The number of ether oxygens (including phenoxy) is 2. The molecule has 1 unspecified atom stereocenters. The minimum Gasteiger partial charge on any atom is -0.481 e. The second kappa shape index (κ2) is 16.0. The van der Waals surface area contributed by atoms with E-state index in [-0.39, 0.29) is 47.3 Å². The topological polar surface area (TPSA) is 211 Å². The molecule has 10 atom stereocenters. The van der Waals surface area contributed by atoms with Crippen LogP contribution in [0.1, 0.15) is 108 Å². The average molecular weight is 710 g/mol. The van der Waals surface area contributed by atoms with Crippen molar-refractivity contribution in [2.24, 2.45) is 51.5 Å². The van der Waals surface area contributed by atoms with Gasteiger partial charge in [-0.05, 0) is 128 Å². The number of carboxylic acid groups (broad SMARTS) is 1. The van der Waals surface area contributed by atoms with Crippen molar-refractivity contribution in [3.05, 3.63) is 50.4 Å². The summed E-state index contributed by atoms with van der Waals surface area (Å²) >= 11 is 0. The molecule has 278 valence electrons. The van der Waals surface area contributed by atoms with Gasteiger partial charge in [-0.3, -0.25) is 24.5 Å². The van der Waals surface area contributed by atoms with Gasteiger partial charge in [-0.2, -0.15) is 0 Å². The lowest BCUT2D eigenvalue weighted by atomic mass is 9.44. The molecule has 14 heteroatoms. The van der Waals surface area contributed by atoms with Gasteiger partial charge in [-0.15, -0.1) is 0 Å². The number of esters is 2. The molecule has 0 saturated heterocycles. The summed E-state index contributed by atoms with van der Waals surface area (Å²) in [5, 5.41) is 26.3. The molecule has 51 heavy (non-hydrogen) atoms. The third-order valence-corrected chi connectivity index (χ3v) is 13.3. The fourth-order valence-electron chi connectivity index (χ4n) is 10.8. The number of non-ortho nitro benzene ring substituents is 1. The van der Waals surface area contributed by atoms with Crippen LogP contribution in [0, 0.1) is 56.5 Å². The van der Waals surface area contributed by atoms with Crippen LogP contribution in [0.5, 0.6) is 0 Å². The van der Waals surface area contributed by atoms with Crippen molar-refractivity contribution in [2.75, 3.05) is 13.2 Å². The van der Waals surface area contributed by atoms with E-state index in [9.17, 15) is 34.4 Å². The van der Waals surface area contributed by atoms with Crippen LogP contribution in [0.2, 0.25) is 0 Å². The maximum absolute atomic E-state index is 13.3. The van der Waals surface area contributed by atoms with Gasteiger partial charge in [0, 0.05) is 29.0 Å². The third kappa shape index (κ3) is 8.32. The maximum atomic E-state index is 13.3. The van der Waals surface area contributed by atoms with Crippen LogP contribution in [-0.2, 0) is 23.9 Å². The van der Waals surface area contributed by atoms with Crippen molar-refractivity contribution >= 4 is 29.5 Å². The Balaban J connectivity index is 1.16. The van der Waals surface area contributed by atoms with Crippen molar-refractivity contribution < 1.29 is 38.7 Å². The summed E-state index contributed by atoms with van der Waals surface area (Å²) in [6, 6.07) is 3.47. The van der Waals surface area contributed by atoms with E-state index in [1.807, 2.05) is 0 Å². The number of azide groups is 1. The number of benzene rings is 1. The molecular weight excluding hydrogens is 658 g/mol. The largest absolute Gasteiger partial charge is 0.481 e. The van der Waals surface area contributed by atoms with Gasteiger partial charge in [0.15, 0.2) is 0 Å². The molecule has 1 aromatic carbocycles. The highest BCUT2D eigenvalue weighted by Gasteiger charge is 2.60. The smallest absolute Gasteiger partial charge is 0.329 e. The summed E-state index contributed by atoms with van der Waals surface area (Å²) in [4.78, 5) is 63.1. The molecule has 4 fully saturated rings. The van der Waals surface area contributed by atoms with E-state index in [4.69, 9.17) is 15.0 Å². The molecule has 0 bridgehead atoms. The first-order valence-electron chi connectivity index (χ1n) is 18.4. The Hall–Kier alpha value is -4.19. The molecule has 0 aliphatic heterocycles. The molecule has 0 radical (unpaired) electrons. The van der Waals surface area contributed by atoms with Crippen molar-refractivity contribution in [1.29, 1.82) is 0 Å². The number of hydrogen-bond donors (Lipinski definition) is 2. The third-order valence-electron chi connectivity index (χ3n) is 13.3. The number of rotatable bonds is 14. The van der Waals surface area contributed by atoms with E-state index < -0.39 is 35.2 Å². The molecule has 0 spiro atoms. The van der Waals surface area contributed by atoms with Crippen LogP contribution in [0.25, 0.3) is 10.4 Å². The first-order chi connectivity index (χ1) is 24.3. The number of carboxylic acids is 1. The number of nitro groups is 1. The Bertz CT molecular complexity index is 1530. The molecule has 1 amide bonds. The molecule has 4 saturated carbocycles. The van der Waals surface area contributed by atoms with Crippen LogP contribution < -0.4 is 5.32 Å². The van der Waals surface area contributed by atoms with Crippen LogP contribution in [0.4, 0.5) is 5.69 Å². The number of aliphatic carboxylic acids is 1. The summed E-state index contributed by atoms with van der Waals surface area (Å²) in [5.41, 5.74) is 8.64. The average Bonchev–Trinajstić information content (AvgIpc) is 3.46. The van der Waals surface area contributed by atoms with Gasteiger partial charge in [-0.1, -0.05) is 25.9 Å². The van der Waals surface area contributed by atoms with Crippen LogP contribution >= 0.6 is 0 Å².